The molecular formula is C16H22N2O. The van der Waals surface area contributed by atoms with Crippen LogP contribution in [0.3, 0.4) is 0 Å². The van der Waals surface area contributed by atoms with E-state index in [-0.39, 0.29) is 5.92 Å². The number of benzene rings is 1. The molecule has 3 heteroatoms. The van der Waals surface area contributed by atoms with Gasteiger partial charge in [-0.05, 0) is 55.7 Å². The Kier molecular flexibility index (Phi) is 3.31. The van der Waals surface area contributed by atoms with Crippen LogP contribution in [0.2, 0.25) is 0 Å². The van der Waals surface area contributed by atoms with Crippen molar-refractivity contribution in [3.05, 3.63) is 29.8 Å². The maximum absolute atomic E-state index is 12.6. The van der Waals surface area contributed by atoms with Gasteiger partial charge < -0.3 is 10.6 Å². The van der Waals surface area contributed by atoms with Crippen molar-refractivity contribution in [1.29, 1.82) is 0 Å². The maximum atomic E-state index is 12.6. The number of carbonyl (C=O) groups is 1. The van der Waals surface area contributed by atoms with Crippen molar-refractivity contribution in [3.8, 4) is 0 Å². The molecule has 0 bridgehead atoms. The number of amides is 1. The Bertz CT molecular complexity index is 458. The number of hydrogen-bond donors (Lipinski definition) is 1. The van der Waals surface area contributed by atoms with Crippen LogP contribution in [0.25, 0.3) is 0 Å². The van der Waals surface area contributed by atoms with Gasteiger partial charge in [-0.25, -0.2) is 0 Å². The van der Waals surface area contributed by atoms with Crippen molar-refractivity contribution in [1.82, 2.24) is 0 Å². The monoisotopic (exact) mass is 258 g/mol. The van der Waals surface area contributed by atoms with Crippen LogP contribution >= 0.6 is 0 Å². The predicted octanol–water partition coefficient (Wildman–Crippen LogP) is 2.54. The standard InChI is InChI=1S/C16H22N2O/c1-2-18(15-5-3-11(10-17)4-6-15)16(19)14-8-12-7-13(12)9-14/h3-6,12-14H,2,7-10,17H2,1H3. The summed E-state index contributed by atoms with van der Waals surface area (Å²) in [5.41, 5.74) is 7.72. The van der Waals surface area contributed by atoms with E-state index in [9.17, 15) is 4.79 Å². The molecule has 3 nitrogen and oxygen atoms in total. The third-order valence-corrected chi connectivity index (χ3v) is 4.66. The number of rotatable bonds is 4. The third kappa shape index (κ3) is 2.39. The van der Waals surface area contributed by atoms with E-state index in [0.717, 1.165) is 42.5 Å². The first-order valence-electron chi connectivity index (χ1n) is 7.33. The summed E-state index contributed by atoms with van der Waals surface area (Å²) in [6.07, 6.45) is 3.59. The zero-order valence-corrected chi connectivity index (χ0v) is 11.5. The molecule has 0 heterocycles. The SMILES string of the molecule is CCN(C(=O)C1CC2CC2C1)c1ccc(CN)cc1. The largest absolute Gasteiger partial charge is 0.326 e. The summed E-state index contributed by atoms with van der Waals surface area (Å²) in [5.74, 6) is 2.28. The van der Waals surface area contributed by atoms with E-state index in [1.165, 1.54) is 6.42 Å². The first kappa shape index (κ1) is 12.7. The Balaban J connectivity index is 1.73. The van der Waals surface area contributed by atoms with Crippen molar-refractivity contribution >= 4 is 11.6 Å². The predicted molar refractivity (Wildman–Crippen MR) is 76.7 cm³/mol. The summed E-state index contributed by atoms with van der Waals surface area (Å²) in [6, 6.07) is 8.05. The van der Waals surface area contributed by atoms with Crippen molar-refractivity contribution in [2.24, 2.45) is 23.5 Å². The van der Waals surface area contributed by atoms with Gasteiger partial charge in [0.15, 0.2) is 0 Å². The normalized spacial score (nSPS) is 28.0. The lowest BCUT2D eigenvalue weighted by molar-refractivity contribution is -0.122. The van der Waals surface area contributed by atoms with Gasteiger partial charge in [0.05, 0.1) is 0 Å². The second kappa shape index (κ2) is 4.97. The molecule has 2 fully saturated rings. The molecule has 0 aliphatic heterocycles. The van der Waals surface area contributed by atoms with E-state index < -0.39 is 0 Å². The molecule has 0 aromatic heterocycles. The quantitative estimate of drug-likeness (QED) is 0.902. The zero-order valence-electron chi connectivity index (χ0n) is 11.5. The van der Waals surface area contributed by atoms with Crippen LogP contribution in [0.5, 0.6) is 0 Å². The van der Waals surface area contributed by atoms with E-state index in [1.807, 2.05) is 36.1 Å². The van der Waals surface area contributed by atoms with Gasteiger partial charge in [-0.15, -0.1) is 0 Å². The fourth-order valence-electron chi connectivity index (χ4n) is 3.41. The van der Waals surface area contributed by atoms with Crippen LogP contribution < -0.4 is 10.6 Å². The lowest BCUT2D eigenvalue weighted by Gasteiger charge is -2.25. The molecule has 1 aromatic carbocycles. The molecule has 19 heavy (non-hydrogen) atoms. The number of nitrogens with two attached hydrogens (primary N) is 1. The molecule has 2 N–H and O–H groups in total. The summed E-state index contributed by atoms with van der Waals surface area (Å²) in [6.45, 7) is 3.34. The molecule has 0 radical (unpaired) electrons. The Morgan fingerprint density at radius 3 is 2.37 bits per heavy atom. The second-order valence-electron chi connectivity index (χ2n) is 5.88. The Morgan fingerprint density at radius 1 is 1.21 bits per heavy atom. The first-order valence-corrected chi connectivity index (χ1v) is 7.33. The van der Waals surface area contributed by atoms with Crippen LogP contribution in [0.15, 0.2) is 24.3 Å². The van der Waals surface area contributed by atoms with E-state index in [4.69, 9.17) is 5.73 Å². The molecule has 102 valence electrons. The third-order valence-electron chi connectivity index (χ3n) is 4.66. The van der Waals surface area contributed by atoms with Gasteiger partial charge in [0.25, 0.3) is 0 Å². The highest BCUT2D eigenvalue weighted by Crippen LogP contribution is 2.54. The fraction of sp³-hybridized carbons (Fsp3) is 0.562. The minimum Gasteiger partial charge on any atom is -0.326 e. The molecule has 2 unspecified atom stereocenters. The van der Waals surface area contributed by atoms with Crippen molar-refractivity contribution in [2.75, 3.05) is 11.4 Å². The Morgan fingerprint density at radius 2 is 1.84 bits per heavy atom. The minimum atomic E-state index is 0.262. The van der Waals surface area contributed by atoms with E-state index >= 15 is 0 Å². The van der Waals surface area contributed by atoms with Crippen LogP contribution in [0, 0.1) is 17.8 Å². The molecule has 1 aromatic rings. The highest BCUT2D eigenvalue weighted by atomic mass is 16.2. The summed E-state index contributed by atoms with van der Waals surface area (Å²) < 4.78 is 0. The van der Waals surface area contributed by atoms with Crippen molar-refractivity contribution < 1.29 is 4.79 Å². The summed E-state index contributed by atoms with van der Waals surface area (Å²) in [5, 5.41) is 0. The molecule has 2 aliphatic carbocycles. The zero-order chi connectivity index (χ0) is 13.4. The summed E-state index contributed by atoms with van der Waals surface area (Å²) >= 11 is 0. The molecule has 3 rings (SSSR count). The molecule has 0 spiro atoms. The van der Waals surface area contributed by atoms with Crippen LogP contribution in [-0.4, -0.2) is 12.5 Å². The molecule has 1 amide bonds. The molecule has 2 aliphatic rings. The van der Waals surface area contributed by atoms with E-state index in [2.05, 4.69) is 0 Å². The Hall–Kier alpha value is -1.35. The minimum absolute atomic E-state index is 0.262. The maximum Gasteiger partial charge on any atom is 0.230 e. The van der Waals surface area contributed by atoms with Gasteiger partial charge in [-0.1, -0.05) is 12.1 Å². The highest BCUT2D eigenvalue weighted by Gasteiger charge is 2.48. The van der Waals surface area contributed by atoms with Gasteiger partial charge in [0.2, 0.25) is 5.91 Å². The van der Waals surface area contributed by atoms with Gasteiger partial charge >= 0.3 is 0 Å². The van der Waals surface area contributed by atoms with E-state index in [0.29, 0.717) is 12.5 Å². The molecular weight excluding hydrogens is 236 g/mol. The smallest absolute Gasteiger partial charge is 0.230 e. The molecule has 2 atom stereocenters. The van der Waals surface area contributed by atoms with Crippen molar-refractivity contribution in [2.45, 2.75) is 32.7 Å². The number of nitrogens with zero attached hydrogens (tertiary/aromatic N) is 1. The summed E-state index contributed by atoms with van der Waals surface area (Å²) in [4.78, 5) is 14.5. The first-order chi connectivity index (χ1) is 9.22. The fourth-order valence-corrected chi connectivity index (χ4v) is 3.41. The summed E-state index contributed by atoms with van der Waals surface area (Å²) in [7, 11) is 0. The Labute approximate surface area is 114 Å². The molecule has 2 saturated carbocycles. The molecule has 0 saturated heterocycles. The van der Waals surface area contributed by atoms with Crippen LogP contribution in [0.1, 0.15) is 31.7 Å². The van der Waals surface area contributed by atoms with Gasteiger partial charge in [0.1, 0.15) is 0 Å². The number of hydrogen-bond acceptors (Lipinski definition) is 2. The number of anilines is 1. The average Bonchev–Trinajstić information content (AvgIpc) is 3.06. The topological polar surface area (TPSA) is 46.3 Å². The highest BCUT2D eigenvalue weighted by molar-refractivity contribution is 5.95. The van der Waals surface area contributed by atoms with Gasteiger partial charge in [-0.3, -0.25) is 4.79 Å². The van der Waals surface area contributed by atoms with Crippen LogP contribution in [-0.2, 0) is 11.3 Å². The second-order valence-corrected chi connectivity index (χ2v) is 5.88. The van der Waals surface area contributed by atoms with E-state index in [1.54, 1.807) is 0 Å². The van der Waals surface area contributed by atoms with Crippen molar-refractivity contribution in [3.63, 3.8) is 0 Å². The lowest BCUT2D eigenvalue weighted by Crippen LogP contribution is -2.35. The number of carbonyl (C=O) groups excluding carboxylic acids is 1. The van der Waals surface area contributed by atoms with Gasteiger partial charge in [0, 0.05) is 24.7 Å². The number of fused-ring (bicyclic) bond motifs is 1. The van der Waals surface area contributed by atoms with Gasteiger partial charge in [-0.2, -0.15) is 0 Å². The lowest BCUT2D eigenvalue weighted by atomic mass is 10.0. The van der Waals surface area contributed by atoms with Crippen LogP contribution in [0.4, 0.5) is 5.69 Å². The average molecular weight is 258 g/mol.